The van der Waals surface area contributed by atoms with Crippen molar-refractivity contribution in [3.05, 3.63) is 35.9 Å². The van der Waals surface area contributed by atoms with E-state index in [1.165, 1.54) is 5.56 Å². The Kier molecular flexibility index (Phi) is 4.86. The Balaban J connectivity index is 2.91. The summed E-state index contributed by atoms with van der Waals surface area (Å²) < 4.78 is 12.8. The number of hydrogen-bond donors (Lipinski definition) is 0. The molecule has 0 heterocycles. The van der Waals surface area contributed by atoms with E-state index in [1.54, 1.807) is 0 Å². The topological polar surface area (TPSA) is 18.5 Å². The normalized spacial score (nSPS) is 16.8. The molecule has 0 fully saturated rings. The number of rotatable bonds is 6. The van der Waals surface area contributed by atoms with Gasteiger partial charge >= 0.3 is 125 Å². The van der Waals surface area contributed by atoms with E-state index in [9.17, 15) is 0 Å². The molecule has 116 valence electrons. The van der Waals surface area contributed by atoms with Crippen LogP contribution in [0.25, 0.3) is 0 Å². The van der Waals surface area contributed by atoms with Crippen molar-refractivity contribution in [3.63, 3.8) is 0 Å². The third kappa shape index (κ3) is 9.08. The molecule has 5 heteroatoms. The van der Waals surface area contributed by atoms with Crippen molar-refractivity contribution in [1.82, 2.24) is 0 Å². The molecule has 0 saturated heterocycles. The second-order valence-corrected chi connectivity index (χ2v) is 23.2. The molecule has 0 bridgehead atoms. The summed E-state index contributed by atoms with van der Waals surface area (Å²) in [6.07, 6.45) is 0.809. The van der Waals surface area contributed by atoms with E-state index in [0.29, 0.717) is 0 Å². The summed E-state index contributed by atoms with van der Waals surface area (Å²) in [6.45, 7) is 13.6. The second kappa shape index (κ2) is 5.36. The molecule has 0 spiro atoms. The minimum absolute atomic E-state index is 0.164. The minimum atomic E-state index is -2.08. The van der Waals surface area contributed by atoms with Gasteiger partial charge in [-0.3, -0.25) is 0 Å². The Morgan fingerprint density at radius 3 is 1.50 bits per heavy atom. The van der Waals surface area contributed by atoms with Crippen LogP contribution in [-0.2, 0) is 15.2 Å². The van der Waals surface area contributed by atoms with E-state index in [2.05, 4.69) is 77.6 Å². The zero-order valence-electron chi connectivity index (χ0n) is 14.4. The van der Waals surface area contributed by atoms with E-state index in [1.807, 2.05) is 6.07 Å². The standard InChI is InChI=1S/C15H31BO2P2/c1-19(2,3,4)17-16(18-20(5,6,7)8)14-15-12-10-9-11-13-15/h9-13H,14H2,1-8H3. The predicted octanol–water partition coefficient (Wildman–Crippen LogP) is 4.26. The van der Waals surface area contributed by atoms with Gasteiger partial charge in [0.25, 0.3) is 0 Å². The van der Waals surface area contributed by atoms with Crippen molar-refractivity contribution in [2.75, 3.05) is 53.3 Å². The van der Waals surface area contributed by atoms with Gasteiger partial charge in [0.15, 0.2) is 0 Å². The predicted molar refractivity (Wildman–Crippen MR) is 99.3 cm³/mol. The van der Waals surface area contributed by atoms with Crippen LogP contribution in [0.1, 0.15) is 5.56 Å². The van der Waals surface area contributed by atoms with Gasteiger partial charge < -0.3 is 0 Å². The molecular formula is C15H31BO2P2. The third-order valence-electron chi connectivity index (χ3n) is 2.32. The summed E-state index contributed by atoms with van der Waals surface area (Å²) in [6, 6.07) is 10.4. The van der Waals surface area contributed by atoms with Crippen molar-refractivity contribution in [3.8, 4) is 0 Å². The molecule has 0 atom stereocenters. The summed E-state index contributed by atoms with van der Waals surface area (Å²) in [5, 5.41) is 0. The van der Waals surface area contributed by atoms with Gasteiger partial charge in [-0.1, -0.05) is 0 Å². The Morgan fingerprint density at radius 2 is 1.15 bits per heavy atom. The van der Waals surface area contributed by atoms with E-state index in [-0.39, 0.29) is 7.12 Å². The van der Waals surface area contributed by atoms with E-state index >= 15 is 0 Å². The van der Waals surface area contributed by atoms with Crippen LogP contribution in [0.5, 0.6) is 0 Å². The summed E-state index contributed by atoms with van der Waals surface area (Å²) in [4.78, 5) is 0. The maximum absolute atomic E-state index is 6.41. The van der Waals surface area contributed by atoms with Gasteiger partial charge in [0, 0.05) is 0 Å². The zero-order chi connectivity index (χ0) is 15.7. The average Bonchev–Trinajstić information content (AvgIpc) is 2.10. The van der Waals surface area contributed by atoms with Gasteiger partial charge in [-0.05, 0) is 0 Å². The molecule has 0 aliphatic heterocycles. The van der Waals surface area contributed by atoms with Crippen molar-refractivity contribution in [1.29, 1.82) is 0 Å². The van der Waals surface area contributed by atoms with Crippen LogP contribution in [0.15, 0.2) is 30.3 Å². The van der Waals surface area contributed by atoms with E-state index in [4.69, 9.17) is 8.88 Å². The molecule has 1 rings (SSSR count). The van der Waals surface area contributed by atoms with Crippen LogP contribution in [-0.4, -0.2) is 60.4 Å². The molecule has 0 unspecified atom stereocenters. The first-order chi connectivity index (χ1) is 8.66. The molecule has 0 N–H and O–H groups in total. The molecule has 20 heavy (non-hydrogen) atoms. The first-order valence-electron chi connectivity index (χ1n) is 7.09. The summed E-state index contributed by atoms with van der Waals surface area (Å²) in [7, 11) is -0.164. The molecule has 2 nitrogen and oxygen atoms in total. The van der Waals surface area contributed by atoms with Gasteiger partial charge in [0.2, 0.25) is 0 Å². The zero-order valence-corrected chi connectivity index (χ0v) is 16.2. The molecule has 0 aliphatic carbocycles. The Bertz CT molecular complexity index is 415. The fourth-order valence-electron chi connectivity index (χ4n) is 1.84. The first kappa shape index (κ1) is 18.1. The summed E-state index contributed by atoms with van der Waals surface area (Å²) in [5.41, 5.74) is 1.26. The first-order valence-corrected chi connectivity index (χ1v) is 15.0. The van der Waals surface area contributed by atoms with Gasteiger partial charge in [0.1, 0.15) is 0 Å². The van der Waals surface area contributed by atoms with Crippen molar-refractivity contribution in [2.45, 2.75) is 6.32 Å². The molecular weight excluding hydrogens is 285 g/mol. The summed E-state index contributed by atoms with van der Waals surface area (Å²) in [5.74, 6) is 0. The molecule has 1 aromatic rings. The number of hydrogen-bond acceptors (Lipinski definition) is 2. The average molecular weight is 316 g/mol. The van der Waals surface area contributed by atoms with Crippen LogP contribution >= 0.6 is 13.7 Å². The molecule has 0 aliphatic rings. The quantitative estimate of drug-likeness (QED) is 0.576. The van der Waals surface area contributed by atoms with Crippen LogP contribution in [0.3, 0.4) is 0 Å². The van der Waals surface area contributed by atoms with Crippen molar-refractivity contribution < 1.29 is 8.88 Å². The fourth-order valence-corrected chi connectivity index (χ4v) is 4.03. The molecule has 0 aromatic heterocycles. The summed E-state index contributed by atoms with van der Waals surface area (Å²) >= 11 is 0. The van der Waals surface area contributed by atoms with Gasteiger partial charge in [-0.25, -0.2) is 0 Å². The molecule has 1 aromatic carbocycles. The van der Waals surface area contributed by atoms with Crippen molar-refractivity contribution >= 4 is 20.8 Å². The molecule has 0 saturated carbocycles. The van der Waals surface area contributed by atoms with Crippen LogP contribution < -0.4 is 0 Å². The maximum atomic E-state index is 6.41. The molecule has 0 radical (unpaired) electrons. The second-order valence-electron chi connectivity index (χ2n) is 9.16. The SMILES string of the molecule is CP(C)(C)(C)OB(Cc1ccccc1)OP(C)(C)(C)C. The number of benzene rings is 1. The fraction of sp³-hybridized carbons (Fsp3) is 0.600. The van der Waals surface area contributed by atoms with Crippen molar-refractivity contribution in [2.24, 2.45) is 0 Å². The monoisotopic (exact) mass is 316 g/mol. The van der Waals surface area contributed by atoms with E-state index in [0.717, 1.165) is 6.32 Å². The van der Waals surface area contributed by atoms with E-state index < -0.39 is 13.7 Å². The van der Waals surface area contributed by atoms with Gasteiger partial charge in [-0.15, -0.1) is 0 Å². The van der Waals surface area contributed by atoms with Crippen LogP contribution in [0.2, 0.25) is 0 Å². The molecule has 0 amide bonds. The van der Waals surface area contributed by atoms with Gasteiger partial charge in [-0.2, -0.15) is 0 Å². The van der Waals surface area contributed by atoms with Crippen LogP contribution in [0.4, 0.5) is 0 Å². The van der Waals surface area contributed by atoms with Gasteiger partial charge in [0.05, 0.1) is 0 Å². The van der Waals surface area contributed by atoms with Crippen LogP contribution in [0, 0.1) is 0 Å². The Labute approximate surface area is 125 Å². The Hall–Kier alpha value is 0.0649. The third-order valence-corrected chi connectivity index (χ3v) is 4.48. The Morgan fingerprint density at radius 1 is 0.750 bits per heavy atom.